The number of urea groups is 1. The van der Waals surface area contributed by atoms with Crippen LogP contribution in [0.5, 0.6) is 0 Å². The third-order valence-corrected chi connectivity index (χ3v) is 3.93. The van der Waals surface area contributed by atoms with Crippen LogP contribution in [0.25, 0.3) is 0 Å². The Balaban J connectivity index is 1.97. The molecule has 1 aliphatic rings. The molecule has 114 valence electrons. The molecule has 2 N–H and O–H groups in total. The Morgan fingerprint density at radius 1 is 1.33 bits per heavy atom. The zero-order valence-electron chi connectivity index (χ0n) is 12.6. The summed E-state index contributed by atoms with van der Waals surface area (Å²) in [5.41, 5.74) is 0.385. The number of nitrogens with one attached hydrogen (secondary N) is 1. The Morgan fingerprint density at radius 2 is 2.00 bits per heavy atom. The first-order valence-corrected chi connectivity index (χ1v) is 7.25. The molecule has 0 bridgehead atoms. The third-order valence-electron chi connectivity index (χ3n) is 3.93. The molecule has 1 fully saturated rings. The molecule has 0 saturated heterocycles. The fourth-order valence-corrected chi connectivity index (χ4v) is 2.74. The molecule has 0 unspecified atom stereocenters. The molecule has 21 heavy (non-hydrogen) atoms. The number of Topliss-reactive ketones (excluding diaryl/α,β-unsaturated/α-hetero) is 1. The van der Waals surface area contributed by atoms with E-state index in [0.717, 1.165) is 25.7 Å². The van der Waals surface area contributed by atoms with Gasteiger partial charge in [0, 0.05) is 18.3 Å². The predicted molar refractivity (Wildman–Crippen MR) is 81.5 cm³/mol. The summed E-state index contributed by atoms with van der Waals surface area (Å²) in [6.45, 7) is 1.81. The average molecular weight is 290 g/mol. The lowest BCUT2D eigenvalue weighted by atomic mass is 10.0. The van der Waals surface area contributed by atoms with E-state index >= 15 is 0 Å². The molecule has 1 aliphatic carbocycles. The number of carbonyl (C=O) groups excluding carboxylic acids is 2. The minimum Gasteiger partial charge on any atom is -0.388 e. The second-order valence-electron chi connectivity index (χ2n) is 5.85. The van der Waals surface area contributed by atoms with Crippen molar-refractivity contribution >= 4 is 17.5 Å². The number of carbonyl (C=O) groups is 2. The summed E-state index contributed by atoms with van der Waals surface area (Å²) in [6.07, 6.45) is 3.49. The molecular weight excluding hydrogens is 268 g/mol. The molecule has 5 heteroatoms. The van der Waals surface area contributed by atoms with Crippen LogP contribution in [0, 0.1) is 0 Å². The van der Waals surface area contributed by atoms with E-state index in [-0.39, 0.29) is 11.8 Å². The summed E-state index contributed by atoms with van der Waals surface area (Å²) < 4.78 is 0. The van der Waals surface area contributed by atoms with E-state index in [2.05, 4.69) is 5.32 Å². The van der Waals surface area contributed by atoms with Crippen LogP contribution in [0.15, 0.2) is 24.3 Å². The smallest absolute Gasteiger partial charge is 0.321 e. The minimum absolute atomic E-state index is 0.0419. The van der Waals surface area contributed by atoms with Gasteiger partial charge in [0.25, 0.3) is 0 Å². The number of amides is 2. The molecule has 1 saturated carbocycles. The van der Waals surface area contributed by atoms with Gasteiger partial charge in [-0.25, -0.2) is 4.79 Å². The van der Waals surface area contributed by atoms with Crippen LogP contribution in [0.4, 0.5) is 10.5 Å². The molecule has 1 aromatic rings. The normalized spacial score (nSPS) is 16.5. The van der Waals surface area contributed by atoms with Gasteiger partial charge in [-0.15, -0.1) is 0 Å². The SMILES string of the molecule is CC(=O)c1cccc(NC(=O)N(C)CC2(O)CCCC2)c1. The van der Waals surface area contributed by atoms with Gasteiger partial charge in [-0.3, -0.25) is 4.79 Å². The molecule has 0 spiro atoms. The van der Waals surface area contributed by atoms with Crippen molar-refractivity contribution in [2.24, 2.45) is 0 Å². The molecule has 2 rings (SSSR count). The maximum atomic E-state index is 12.1. The molecule has 0 aliphatic heterocycles. The topological polar surface area (TPSA) is 69.6 Å². The van der Waals surface area contributed by atoms with E-state index in [1.807, 2.05) is 0 Å². The Kier molecular flexibility index (Phi) is 4.63. The third kappa shape index (κ3) is 4.04. The number of hydrogen-bond acceptors (Lipinski definition) is 3. The molecular formula is C16H22N2O3. The summed E-state index contributed by atoms with van der Waals surface area (Å²) in [5, 5.41) is 13.1. The standard InChI is InChI=1S/C16H22N2O3/c1-12(19)13-6-5-7-14(10-13)17-15(20)18(2)11-16(21)8-3-4-9-16/h5-7,10,21H,3-4,8-9,11H2,1-2H3,(H,17,20). The minimum atomic E-state index is -0.757. The van der Waals surface area contributed by atoms with Crippen LogP contribution in [0.1, 0.15) is 43.0 Å². The highest BCUT2D eigenvalue weighted by atomic mass is 16.3. The van der Waals surface area contributed by atoms with E-state index in [1.165, 1.54) is 11.8 Å². The van der Waals surface area contributed by atoms with Gasteiger partial charge in [0.1, 0.15) is 0 Å². The fourth-order valence-electron chi connectivity index (χ4n) is 2.74. The summed E-state index contributed by atoms with van der Waals surface area (Å²) in [6, 6.07) is 6.55. The zero-order chi connectivity index (χ0) is 15.5. The number of likely N-dealkylation sites (N-methyl/N-ethyl adjacent to an activating group) is 1. The van der Waals surface area contributed by atoms with Crippen molar-refractivity contribution in [3.8, 4) is 0 Å². The van der Waals surface area contributed by atoms with Gasteiger partial charge in [-0.1, -0.05) is 25.0 Å². The Hall–Kier alpha value is -1.88. The van der Waals surface area contributed by atoms with Gasteiger partial charge >= 0.3 is 6.03 Å². The van der Waals surface area contributed by atoms with E-state index in [0.29, 0.717) is 17.8 Å². The number of aliphatic hydroxyl groups is 1. The maximum absolute atomic E-state index is 12.1. The highest BCUT2D eigenvalue weighted by molar-refractivity contribution is 5.96. The largest absolute Gasteiger partial charge is 0.388 e. The second-order valence-corrected chi connectivity index (χ2v) is 5.85. The summed E-state index contributed by atoms with van der Waals surface area (Å²) in [5.74, 6) is -0.0419. The van der Waals surface area contributed by atoms with E-state index in [9.17, 15) is 14.7 Å². The zero-order valence-corrected chi connectivity index (χ0v) is 12.6. The van der Waals surface area contributed by atoms with Crippen molar-refractivity contribution in [2.45, 2.75) is 38.2 Å². The van der Waals surface area contributed by atoms with Gasteiger partial charge in [-0.2, -0.15) is 0 Å². The van der Waals surface area contributed by atoms with Crippen molar-refractivity contribution in [1.82, 2.24) is 4.90 Å². The number of nitrogens with zero attached hydrogens (tertiary/aromatic N) is 1. The van der Waals surface area contributed by atoms with Crippen molar-refractivity contribution in [1.29, 1.82) is 0 Å². The quantitative estimate of drug-likeness (QED) is 0.838. The lowest BCUT2D eigenvalue weighted by molar-refractivity contribution is 0.0261. The van der Waals surface area contributed by atoms with E-state index < -0.39 is 5.60 Å². The first-order valence-electron chi connectivity index (χ1n) is 7.25. The van der Waals surface area contributed by atoms with Crippen LogP contribution in [-0.4, -0.2) is 41.0 Å². The lowest BCUT2D eigenvalue weighted by Gasteiger charge is -2.28. The van der Waals surface area contributed by atoms with Crippen LogP contribution >= 0.6 is 0 Å². The van der Waals surface area contributed by atoms with E-state index in [4.69, 9.17) is 0 Å². The highest BCUT2D eigenvalue weighted by Crippen LogP contribution is 2.30. The summed E-state index contributed by atoms with van der Waals surface area (Å²) in [4.78, 5) is 25.0. The molecule has 0 radical (unpaired) electrons. The molecule has 0 heterocycles. The first-order chi connectivity index (χ1) is 9.89. The van der Waals surface area contributed by atoms with E-state index in [1.54, 1.807) is 31.3 Å². The van der Waals surface area contributed by atoms with Crippen LogP contribution in [-0.2, 0) is 0 Å². The van der Waals surface area contributed by atoms with Crippen molar-refractivity contribution < 1.29 is 14.7 Å². The summed E-state index contributed by atoms with van der Waals surface area (Å²) in [7, 11) is 1.67. The number of hydrogen-bond donors (Lipinski definition) is 2. The van der Waals surface area contributed by atoms with Crippen LogP contribution in [0.2, 0.25) is 0 Å². The Labute approximate surface area is 125 Å². The van der Waals surface area contributed by atoms with Gasteiger partial charge in [0.2, 0.25) is 0 Å². The highest BCUT2D eigenvalue weighted by Gasteiger charge is 2.33. The molecule has 0 atom stereocenters. The number of ketones is 1. The van der Waals surface area contributed by atoms with Crippen LogP contribution in [0.3, 0.4) is 0 Å². The predicted octanol–water partition coefficient (Wildman–Crippen LogP) is 2.66. The number of benzene rings is 1. The summed E-state index contributed by atoms with van der Waals surface area (Å²) >= 11 is 0. The fraction of sp³-hybridized carbons (Fsp3) is 0.500. The van der Waals surface area contributed by atoms with Gasteiger partial charge in [0.05, 0.1) is 12.1 Å². The van der Waals surface area contributed by atoms with Gasteiger partial charge < -0.3 is 15.3 Å². The molecule has 1 aromatic carbocycles. The average Bonchev–Trinajstić information content (AvgIpc) is 2.85. The number of rotatable bonds is 4. The lowest BCUT2D eigenvalue weighted by Crippen LogP contribution is -2.43. The number of anilines is 1. The molecule has 0 aromatic heterocycles. The maximum Gasteiger partial charge on any atom is 0.321 e. The molecule has 2 amide bonds. The Morgan fingerprint density at radius 3 is 2.62 bits per heavy atom. The van der Waals surface area contributed by atoms with Crippen molar-refractivity contribution in [2.75, 3.05) is 18.9 Å². The molecule has 5 nitrogen and oxygen atoms in total. The van der Waals surface area contributed by atoms with Gasteiger partial charge in [0.15, 0.2) is 5.78 Å². The van der Waals surface area contributed by atoms with Crippen LogP contribution < -0.4 is 5.32 Å². The van der Waals surface area contributed by atoms with Crippen molar-refractivity contribution in [3.05, 3.63) is 29.8 Å². The van der Waals surface area contributed by atoms with Crippen molar-refractivity contribution in [3.63, 3.8) is 0 Å². The second kappa shape index (κ2) is 6.26. The van der Waals surface area contributed by atoms with Gasteiger partial charge in [-0.05, 0) is 31.9 Å². The first kappa shape index (κ1) is 15.5. The monoisotopic (exact) mass is 290 g/mol. The Bertz CT molecular complexity index is 536.